The Morgan fingerprint density at radius 2 is 1.92 bits per heavy atom. The van der Waals surface area contributed by atoms with Gasteiger partial charge in [-0.2, -0.15) is 0 Å². The zero-order valence-corrected chi connectivity index (χ0v) is 20.9. The van der Waals surface area contributed by atoms with Crippen LogP contribution in [0.15, 0.2) is 50.5 Å². The maximum absolute atomic E-state index is 15.1. The molecule has 36 heavy (non-hydrogen) atoms. The van der Waals surface area contributed by atoms with Crippen LogP contribution >= 0.6 is 0 Å². The van der Waals surface area contributed by atoms with Crippen molar-refractivity contribution in [2.24, 2.45) is 15.1 Å². The Bertz CT molecular complexity index is 1430. The molecule has 2 N–H and O–H groups in total. The van der Waals surface area contributed by atoms with Gasteiger partial charge in [0.15, 0.2) is 23.0 Å². The number of hydrogen-bond donors (Lipinski definition) is 1. The number of benzene rings is 1. The van der Waals surface area contributed by atoms with Gasteiger partial charge in [0.25, 0.3) is 6.43 Å². The van der Waals surface area contributed by atoms with E-state index in [2.05, 4.69) is 24.5 Å². The summed E-state index contributed by atoms with van der Waals surface area (Å²) in [7, 11) is -1.39. The second-order valence-electron chi connectivity index (χ2n) is 8.96. The van der Waals surface area contributed by atoms with Crippen molar-refractivity contribution in [3.63, 3.8) is 0 Å². The van der Waals surface area contributed by atoms with Gasteiger partial charge in [0.05, 0.1) is 27.9 Å². The molecule has 4 rings (SSSR count). The second kappa shape index (κ2) is 9.19. The van der Waals surface area contributed by atoms with E-state index in [1.807, 2.05) is 0 Å². The Balaban J connectivity index is 1.67. The molecule has 0 amide bonds. The molecular formula is C23H25F3N6O3S. The number of alkyl halides is 2. The van der Waals surface area contributed by atoms with Gasteiger partial charge in [-0.3, -0.25) is 4.99 Å². The second-order valence-corrected chi connectivity index (χ2v) is 11.9. The molecule has 0 bridgehead atoms. The van der Waals surface area contributed by atoms with Crippen LogP contribution in [0.1, 0.15) is 26.3 Å². The van der Waals surface area contributed by atoms with Gasteiger partial charge in [-0.1, -0.05) is 5.16 Å². The molecule has 0 aliphatic carbocycles. The first-order chi connectivity index (χ1) is 16.9. The zero-order valence-electron chi connectivity index (χ0n) is 20.0. The van der Waals surface area contributed by atoms with Gasteiger partial charge in [0.2, 0.25) is 0 Å². The standard InChI is InChI=1S/C23H25F3N6O3S/c1-22(2)21(27)31-23(3,12-36(22,33)28-4)15-7-13(5-6-16(15)24)18-8-17(32-35-18)20-29-9-14(10-30-20)34-11-19(25)26/h5-10,19H,11-12H2,1-4H3,(H2,27,31). The SMILES string of the molecule is CN=S1(=O)CC(C)(c2cc(-c3cc(-c4ncc(OCC(F)F)cn4)no3)ccc2F)N=C(N)C1(C)C. The number of aliphatic imine (C=N–C) groups is 1. The predicted molar refractivity (Wildman–Crippen MR) is 129 cm³/mol. The summed E-state index contributed by atoms with van der Waals surface area (Å²) in [5, 5.41) is 3.95. The molecule has 1 aliphatic heterocycles. The van der Waals surface area contributed by atoms with Crippen molar-refractivity contribution in [3.05, 3.63) is 48.0 Å². The Morgan fingerprint density at radius 1 is 1.22 bits per heavy atom. The Labute approximate surface area is 206 Å². The summed E-state index contributed by atoms with van der Waals surface area (Å²) in [6.07, 6.45) is -0.117. The first-order valence-electron chi connectivity index (χ1n) is 10.9. The lowest BCUT2D eigenvalue weighted by atomic mass is 9.91. The first kappa shape index (κ1) is 25.6. The van der Waals surface area contributed by atoms with Gasteiger partial charge in [-0.05, 0) is 39.0 Å². The molecule has 192 valence electrons. The number of nitrogens with two attached hydrogens (primary N) is 1. The normalized spacial score (nSPS) is 23.4. The first-order valence-corrected chi connectivity index (χ1v) is 12.6. The van der Waals surface area contributed by atoms with E-state index in [1.54, 1.807) is 32.9 Å². The van der Waals surface area contributed by atoms with E-state index in [1.165, 1.54) is 31.6 Å². The molecule has 1 aliphatic rings. The largest absolute Gasteiger partial charge is 0.484 e. The highest BCUT2D eigenvalue weighted by Crippen LogP contribution is 2.40. The van der Waals surface area contributed by atoms with E-state index < -0.39 is 38.9 Å². The van der Waals surface area contributed by atoms with Gasteiger partial charge in [0, 0.05) is 24.2 Å². The molecule has 2 aromatic heterocycles. The van der Waals surface area contributed by atoms with Crippen LogP contribution in [0.25, 0.3) is 22.8 Å². The third-order valence-corrected chi connectivity index (χ3v) is 9.47. The van der Waals surface area contributed by atoms with E-state index >= 15 is 4.39 Å². The van der Waals surface area contributed by atoms with Crippen LogP contribution in [0.4, 0.5) is 13.2 Å². The summed E-state index contributed by atoms with van der Waals surface area (Å²) in [4.78, 5) is 12.7. The minimum absolute atomic E-state index is 0.0138. The summed E-state index contributed by atoms with van der Waals surface area (Å²) < 4.78 is 66.7. The fourth-order valence-electron chi connectivity index (χ4n) is 3.88. The summed E-state index contributed by atoms with van der Waals surface area (Å²) in [6, 6.07) is 5.88. The minimum Gasteiger partial charge on any atom is -0.484 e. The Hall–Kier alpha value is -3.48. The molecule has 0 spiro atoms. The summed E-state index contributed by atoms with van der Waals surface area (Å²) >= 11 is 0. The number of aromatic nitrogens is 3. The van der Waals surface area contributed by atoms with Crippen LogP contribution in [0.2, 0.25) is 0 Å². The van der Waals surface area contributed by atoms with Gasteiger partial charge in [-0.15, -0.1) is 0 Å². The van der Waals surface area contributed by atoms with E-state index in [0.717, 1.165) is 0 Å². The Morgan fingerprint density at radius 3 is 2.56 bits per heavy atom. The van der Waals surface area contributed by atoms with Crippen molar-refractivity contribution in [1.82, 2.24) is 15.1 Å². The van der Waals surface area contributed by atoms with Crippen molar-refractivity contribution < 1.29 is 26.6 Å². The number of ether oxygens (including phenoxy) is 1. The molecule has 3 aromatic rings. The molecule has 0 saturated carbocycles. The third kappa shape index (κ3) is 4.54. The highest BCUT2D eigenvalue weighted by molar-refractivity contribution is 7.95. The lowest BCUT2D eigenvalue weighted by Crippen LogP contribution is -2.54. The Kier molecular flexibility index (Phi) is 6.54. The number of nitrogens with zero attached hydrogens (tertiary/aromatic N) is 5. The topological polar surface area (TPSA) is 129 Å². The van der Waals surface area contributed by atoms with Crippen molar-refractivity contribution in [3.8, 4) is 28.6 Å². The molecule has 2 unspecified atom stereocenters. The van der Waals surface area contributed by atoms with Gasteiger partial charge >= 0.3 is 0 Å². The molecule has 0 fully saturated rings. The van der Waals surface area contributed by atoms with Crippen LogP contribution in [0.3, 0.4) is 0 Å². The molecule has 3 heterocycles. The van der Waals surface area contributed by atoms with Crippen molar-refractivity contribution in [2.45, 2.75) is 37.5 Å². The van der Waals surface area contributed by atoms with Crippen LogP contribution in [0, 0.1) is 5.82 Å². The van der Waals surface area contributed by atoms with E-state index in [9.17, 15) is 13.0 Å². The summed E-state index contributed by atoms with van der Waals surface area (Å²) in [5.74, 6) is 0.144. The monoisotopic (exact) mass is 522 g/mol. The van der Waals surface area contributed by atoms with Crippen LogP contribution in [-0.4, -0.2) is 55.7 Å². The lowest BCUT2D eigenvalue weighted by Gasteiger charge is -2.40. The molecule has 0 radical (unpaired) electrons. The molecular weight excluding hydrogens is 497 g/mol. The number of halogens is 3. The van der Waals surface area contributed by atoms with E-state index in [0.29, 0.717) is 11.3 Å². The summed E-state index contributed by atoms with van der Waals surface area (Å²) in [6.45, 7) is 4.32. The van der Waals surface area contributed by atoms with Crippen molar-refractivity contribution in [1.29, 1.82) is 0 Å². The van der Waals surface area contributed by atoms with E-state index in [4.69, 9.17) is 15.0 Å². The number of amidine groups is 1. The maximum atomic E-state index is 15.1. The van der Waals surface area contributed by atoms with Gasteiger partial charge in [0.1, 0.15) is 28.5 Å². The maximum Gasteiger partial charge on any atom is 0.272 e. The highest BCUT2D eigenvalue weighted by Gasteiger charge is 2.47. The molecule has 13 heteroatoms. The minimum atomic E-state index is -2.85. The average molecular weight is 523 g/mol. The van der Waals surface area contributed by atoms with Crippen LogP contribution < -0.4 is 10.5 Å². The number of hydrogen-bond acceptors (Lipinski definition) is 9. The van der Waals surface area contributed by atoms with Crippen molar-refractivity contribution in [2.75, 3.05) is 19.4 Å². The number of rotatable bonds is 6. The van der Waals surface area contributed by atoms with Crippen LogP contribution in [0.5, 0.6) is 5.75 Å². The lowest BCUT2D eigenvalue weighted by molar-refractivity contribution is 0.0815. The zero-order chi connectivity index (χ0) is 26.3. The fourth-order valence-corrected chi connectivity index (χ4v) is 6.18. The smallest absolute Gasteiger partial charge is 0.272 e. The van der Waals surface area contributed by atoms with Crippen molar-refractivity contribution >= 4 is 15.6 Å². The van der Waals surface area contributed by atoms with Crippen LogP contribution in [-0.2, 0) is 15.3 Å². The van der Waals surface area contributed by atoms with E-state index in [-0.39, 0.29) is 34.4 Å². The quantitative estimate of drug-likeness (QED) is 0.517. The molecule has 9 nitrogen and oxygen atoms in total. The summed E-state index contributed by atoms with van der Waals surface area (Å²) in [5.41, 5.74) is 5.91. The van der Waals surface area contributed by atoms with Gasteiger partial charge in [-0.25, -0.2) is 31.7 Å². The fraction of sp³-hybridized carbons (Fsp3) is 0.391. The predicted octanol–water partition coefficient (Wildman–Crippen LogP) is 4.04. The van der Waals surface area contributed by atoms with Gasteiger partial charge < -0.3 is 15.0 Å². The highest BCUT2D eigenvalue weighted by atomic mass is 32.2. The molecule has 1 aromatic carbocycles. The third-order valence-electron chi connectivity index (χ3n) is 6.13. The average Bonchev–Trinajstić information content (AvgIpc) is 3.32. The molecule has 0 saturated heterocycles. The molecule has 2 atom stereocenters.